The molecular weight excluding hydrogens is 468 g/mol. The van der Waals surface area contributed by atoms with Gasteiger partial charge in [0.1, 0.15) is 18.0 Å². The summed E-state index contributed by atoms with van der Waals surface area (Å²) in [6.45, 7) is 6.18. The van der Waals surface area contributed by atoms with Crippen molar-refractivity contribution < 1.29 is 28.8 Å². The van der Waals surface area contributed by atoms with Gasteiger partial charge in [-0.3, -0.25) is 4.79 Å². The molecule has 3 aliphatic heterocycles. The second-order valence-electron chi connectivity index (χ2n) is 10.5. The van der Waals surface area contributed by atoms with E-state index >= 15 is 0 Å². The van der Waals surface area contributed by atoms with Gasteiger partial charge in [-0.25, -0.2) is 0 Å². The first-order valence-corrected chi connectivity index (χ1v) is 13.1. The van der Waals surface area contributed by atoms with E-state index in [-0.39, 0.29) is 36.6 Å². The second-order valence-corrected chi connectivity index (χ2v) is 10.5. The molecule has 3 heterocycles. The Labute approximate surface area is 218 Å². The third-order valence-corrected chi connectivity index (χ3v) is 7.81. The average molecular weight is 505 g/mol. The number of ether oxygens (including phenoxy) is 4. The summed E-state index contributed by atoms with van der Waals surface area (Å²) in [4.78, 5) is 11.1. The highest BCUT2D eigenvalue weighted by Crippen LogP contribution is 2.45. The normalized spacial score (nSPS) is 35.5. The molecule has 3 saturated heterocycles. The Hall–Kier alpha value is -2.61. The molecule has 1 N–H and O–H groups in total. The van der Waals surface area contributed by atoms with E-state index in [0.717, 1.165) is 17.4 Å². The van der Waals surface area contributed by atoms with Crippen LogP contribution in [0, 0.1) is 0 Å². The van der Waals surface area contributed by atoms with E-state index in [1.165, 1.54) is 0 Å². The van der Waals surface area contributed by atoms with E-state index in [2.05, 4.69) is 43.0 Å². The van der Waals surface area contributed by atoms with Gasteiger partial charge in [-0.15, -0.1) is 0 Å². The summed E-state index contributed by atoms with van der Waals surface area (Å²) in [5, 5.41) is 11.1. The van der Waals surface area contributed by atoms with Gasteiger partial charge in [0.15, 0.2) is 0 Å². The number of aliphatic hydroxyl groups is 1. The zero-order valence-corrected chi connectivity index (χ0v) is 21.3. The fourth-order valence-electron chi connectivity index (χ4n) is 5.68. The molecule has 2 aromatic carbocycles. The molecule has 0 saturated carbocycles. The van der Waals surface area contributed by atoms with Crippen LogP contribution in [0.2, 0.25) is 0 Å². The quantitative estimate of drug-likeness (QED) is 0.417. The molecule has 0 aromatic heterocycles. The lowest BCUT2D eigenvalue weighted by Crippen LogP contribution is -2.67. The molecule has 2 aromatic rings. The molecule has 6 nitrogen and oxygen atoms in total. The third-order valence-electron chi connectivity index (χ3n) is 7.81. The van der Waals surface area contributed by atoms with Crippen LogP contribution in [-0.4, -0.2) is 59.7 Å². The van der Waals surface area contributed by atoms with Crippen LogP contribution in [-0.2, 0) is 30.3 Å². The van der Waals surface area contributed by atoms with Crippen molar-refractivity contribution in [2.45, 2.75) is 87.5 Å². The maximum absolute atomic E-state index is 11.1. The lowest BCUT2D eigenvalue weighted by molar-refractivity contribution is -0.323. The number of carbonyl (C=O) groups is 1. The van der Waals surface area contributed by atoms with Gasteiger partial charge >= 0.3 is 0 Å². The van der Waals surface area contributed by atoms with E-state index in [0.29, 0.717) is 37.9 Å². The first-order chi connectivity index (χ1) is 17.9. The molecular formula is C31H36O6. The second kappa shape index (κ2) is 11.4. The van der Waals surface area contributed by atoms with Crippen LogP contribution in [0.3, 0.4) is 0 Å². The lowest BCUT2D eigenvalue weighted by atomic mass is 9.77. The van der Waals surface area contributed by atoms with Gasteiger partial charge in [0, 0.05) is 25.7 Å². The van der Waals surface area contributed by atoms with Gasteiger partial charge in [0.25, 0.3) is 0 Å². The van der Waals surface area contributed by atoms with Crippen LogP contribution in [0.1, 0.15) is 43.7 Å². The fraction of sp³-hybridized carbons (Fsp3) is 0.452. The number of benzene rings is 2. The molecule has 5 rings (SSSR count). The van der Waals surface area contributed by atoms with Crippen LogP contribution in [0.15, 0.2) is 78.9 Å². The highest BCUT2D eigenvalue weighted by molar-refractivity contribution is 5.72. The fourth-order valence-corrected chi connectivity index (χ4v) is 5.68. The van der Waals surface area contributed by atoms with Crippen LogP contribution in [0.5, 0.6) is 0 Å². The molecule has 0 aliphatic carbocycles. The number of fused-ring (bicyclic) bond motifs is 2. The molecule has 196 valence electrons. The Balaban J connectivity index is 1.33. The van der Waals surface area contributed by atoms with Gasteiger partial charge in [-0.1, -0.05) is 79.4 Å². The summed E-state index contributed by atoms with van der Waals surface area (Å²) in [7, 11) is 0. The lowest BCUT2D eigenvalue weighted by Gasteiger charge is -2.56. The molecule has 6 heteroatoms. The standard InChI is InChI=1S/C31H36O6/c1-21(19-32)15-24-16-29(33)31(2)30(35-24)18-27-28(37-31)17-26(34-20-23-11-7-4-8-12-23)25(36-27)14-13-22-9-5-3-6-10-22/h3-14,19,24-30,33H,1,15-18,20H2,2H3/b14-13+/t24-,25-,26+,27+,28-,29+,30-,31+/m1/s1. The monoisotopic (exact) mass is 504 g/mol. The summed E-state index contributed by atoms with van der Waals surface area (Å²) < 4.78 is 25.9. The zero-order valence-electron chi connectivity index (χ0n) is 21.3. The topological polar surface area (TPSA) is 74.2 Å². The summed E-state index contributed by atoms with van der Waals surface area (Å²) in [5.74, 6) is 0. The van der Waals surface area contributed by atoms with Crippen molar-refractivity contribution in [3.63, 3.8) is 0 Å². The van der Waals surface area contributed by atoms with E-state index in [1.54, 1.807) is 0 Å². The molecule has 3 aliphatic rings. The van der Waals surface area contributed by atoms with Crippen molar-refractivity contribution in [3.8, 4) is 0 Å². The zero-order chi connectivity index (χ0) is 25.8. The Morgan fingerprint density at radius 3 is 2.51 bits per heavy atom. The summed E-state index contributed by atoms with van der Waals surface area (Å²) in [6.07, 6.45) is 4.75. The molecule has 0 radical (unpaired) electrons. The Morgan fingerprint density at radius 2 is 1.78 bits per heavy atom. The molecule has 3 fully saturated rings. The summed E-state index contributed by atoms with van der Waals surface area (Å²) in [6, 6.07) is 20.2. The number of carbonyl (C=O) groups excluding carboxylic acids is 1. The SMILES string of the molecule is C=C(C=O)C[C@@H]1C[C@H](O)[C@]2(C)O[C@@H]3C[C@H](OCc4ccccc4)[C@@H](/C=C/c4ccccc4)O[C@H]3C[C@H]2O1. The number of hydrogen-bond donors (Lipinski definition) is 1. The van der Waals surface area contributed by atoms with E-state index < -0.39 is 11.7 Å². The van der Waals surface area contributed by atoms with Gasteiger partial charge in [0.2, 0.25) is 0 Å². The van der Waals surface area contributed by atoms with Crippen molar-refractivity contribution in [1.82, 2.24) is 0 Å². The van der Waals surface area contributed by atoms with Crippen molar-refractivity contribution >= 4 is 12.4 Å². The third kappa shape index (κ3) is 5.95. The van der Waals surface area contributed by atoms with E-state index in [1.807, 2.05) is 43.3 Å². The Bertz CT molecular complexity index is 1090. The molecule has 0 bridgehead atoms. The minimum Gasteiger partial charge on any atom is -0.390 e. The predicted molar refractivity (Wildman–Crippen MR) is 141 cm³/mol. The number of aldehydes is 1. The van der Waals surface area contributed by atoms with Gasteiger partial charge in [0.05, 0.1) is 43.2 Å². The minimum absolute atomic E-state index is 0.194. The van der Waals surface area contributed by atoms with Gasteiger partial charge < -0.3 is 24.1 Å². The number of aliphatic hydroxyl groups excluding tert-OH is 1. The minimum atomic E-state index is -0.847. The average Bonchev–Trinajstić information content (AvgIpc) is 2.91. The first kappa shape index (κ1) is 26.0. The molecule has 37 heavy (non-hydrogen) atoms. The summed E-state index contributed by atoms with van der Waals surface area (Å²) >= 11 is 0. The number of rotatable bonds is 8. The molecule has 0 unspecified atom stereocenters. The Kier molecular flexibility index (Phi) is 8.03. The molecule has 0 spiro atoms. The van der Waals surface area contributed by atoms with Crippen LogP contribution < -0.4 is 0 Å². The van der Waals surface area contributed by atoms with Gasteiger partial charge in [-0.2, -0.15) is 0 Å². The van der Waals surface area contributed by atoms with Crippen molar-refractivity contribution in [1.29, 1.82) is 0 Å². The van der Waals surface area contributed by atoms with E-state index in [9.17, 15) is 9.90 Å². The van der Waals surface area contributed by atoms with Crippen molar-refractivity contribution in [2.24, 2.45) is 0 Å². The Morgan fingerprint density at radius 1 is 1.05 bits per heavy atom. The predicted octanol–water partition coefficient (Wildman–Crippen LogP) is 4.65. The highest BCUT2D eigenvalue weighted by atomic mass is 16.6. The molecule has 8 atom stereocenters. The first-order valence-electron chi connectivity index (χ1n) is 13.1. The maximum Gasteiger partial charge on any atom is 0.145 e. The van der Waals surface area contributed by atoms with Gasteiger partial charge in [-0.05, 0) is 23.6 Å². The van der Waals surface area contributed by atoms with Crippen LogP contribution >= 0.6 is 0 Å². The highest BCUT2D eigenvalue weighted by Gasteiger charge is 2.56. The maximum atomic E-state index is 11.1. The number of hydrogen-bond acceptors (Lipinski definition) is 6. The smallest absolute Gasteiger partial charge is 0.145 e. The van der Waals surface area contributed by atoms with Crippen molar-refractivity contribution in [3.05, 3.63) is 90.0 Å². The summed E-state index contributed by atoms with van der Waals surface area (Å²) in [5.41, 5.74) is 1.82. The van der Waals surface area contributed by atoms with Crippen LogP contribution in [0.4, 0.5) is 0 Å². The van der Waals surface area contributed by atoms with E-state index in [4.69, 9.17) is 18.9 Å². The largest absolute Gasteiger partial charge is 0.390 e. The van der Waals surface area contributed by atoms with Crippen molar-refractivity contribution in [2.75, 3.05) is 0 Å². The van der Waals surface area contributed by atoms with Crippen LogP contribution in [0.25, 0.3) is 6.08 Å². The molecule has 0 amide bonds.